The third-order valence-electron chi connectivity index (χ3n) is 4.62. The Labute approximate surface area is 163 Å². The molecule has 1 fully saturated rings. The third-order valence-corrected chi connectivity index (χ3v) is 4.62. The Morgan fingerprint density at radius 1 is 1.39 bits per heavy atom. The Hall–Kier alpha value is -2.59. The molecule has 2 aliphatic rings. The molecule has 0 spiro atoms. The zero-order valence-electron chi connectivity index (χ0n) is 16.4. The van der Waals surface area contributed by atoms with Crippen molar-refractivity contribution in [2.45, 2.75) is 51.0 Å². The van der Waals surface area contributed by atoms with Gasteiger partial charge in [-0.05, 0) is 45.7 Å². The van der Waals surface area contributed by atoms with Crippen molar-refractivity contribution in [3.05, 3.63) is 29.6 Å². The Kier molecular flexibility index (Phi) is 5.35. The number of amides is 1. The molecule has 28 heavy (non-hydrogen) atoms. The monoisotopic (exact) mass is 393 g/mol. The summed E-state index contributed by atoms with van der Waals surface area (Å²) >= 11 is 0. The molecule has 1 atom stereocenters. The zero-order valence-corrected chi connectivity index (χ0v) is 16.4. The smallest absolute Gasteiger partial charge is 0.407 e. The maximum atomic E-state index is 14.7. The summed E-state index contributed by atoms with van der Waals surface area (Å²) in [5.74, 6) is -1.54. The number of carbonyl (C=O) groups excluding carboxylic acids is 1. The van der Waals surface area contributed by atoms with E-state index in [-0.39, 0.29) is 17.8 Å². The lowest BCUT2D eigenvalue weighted by Gasteiger charge is -2.34. The molecule has 0 radical (unpaired) electrons. The maximum absolute atomic E-state index is 14.7. The first-order chi connectivity index (χ1) is 13.1. The third kappa shape index (κ3) is 4.63. The van der Waals surface area contributed by atoms with Gasteiger partial charge in [-0.3, -0.25) is 11.2 Å². The first-order valence-electron chi connectivity index (χ1n) is 9.28. The number of ether oxygens (including phenoxy) is 1. The highest BCUT2D eigenvalue weighted by atomic mass is 19.1. The van der Waals surface area contributed by atoms with Crippen molar-refractivity contribution >= 4 is 17.7 Å². The number of rotatable bonds is 3. The lowest BCUT2D eigenvalue weighted by atomic mass is 10.0. The van der Waals surface area contributed by atoms with Gasteiger partial charge >= 0.3 is 6.09 Å². The van der Waals surface area contributed by atoms with Gasteiger partial charge < -0.3 is 20.7 Å². The van der Waals surface area contributed by atoms with Crippen molar-refractivity contribution in [3.63, 3.8) is 0 Å². The van der Waals surface area contributed by atoms with E-state index in [1.807, 2.05) is 25.7 Å². The quantitative estimate of drug-likeness (QED) is 0.514. The fourth-order valence-corrected chi connectivity index (χ4v) is 3.28. The molecule has 0 bridgehead atoms. The van der Waals surface area contributed by atoms with Crippen LogP contribution in [0.15, 0.2) is 23.2 Å². The number of hydrogen-bond acceptors (Lipinski definition) is 8. The predicted octanol–water partition coefficient (Wildman–Crippen LogP) is 0.811. The number of hydrogen-bond donors (Lipinski definition) is 5. The van der Waals surface area contributed by atoms with Gasteiger partial charge in [0.1, 0.15) is 11.4 Å². The molecule has 2 heterocycles. The van der Waals surface area contributed by atoms with Crippen molar-refractivity contribution in [2.24, 2.45) is 16.5 Å². The van der Waals surface area contributed by atoms with E-state index in [1.165, 1.54) is 6.07 Å². The number of alkyl carbamates (subject to hydrolysis) is 1. The fourth-order valence-electron chi connectivity index (χ4n) is 3.28. The summed E-state index contributed by atoms with van der Waals surface area (Å²) in [4.78, 5) is 17.9. The first-order valence-corrected chi connectivity index (χ1v) is 9.28. The molecular weight excluding hydrogens is 365 g/mol. The zero-order chi connectivity index (χ0) is 20.5. The van der Waals surface area contributed by atoms with E-state index in [1.54, 1.807) is 12.1 Å². The van der Waals surface area contributed by atoms with Crippen LogP contribution in [0.25, 0.3) is 0 Å². The number of aliphatic imine (C=N–C) groups is 1. The van der Waals surface area contributed by atoms with E-state index in [0.717, 1.165) is 0 Å². The molecule has 10 heteroatoms. The number of nitrogens with zero attached hydrogens (tertiary/aromatic N) is 2. The van der Waals surface area contributed by atoms with Crippen molar-refractivity contribution in [2.75, 3.05) is 18.0 Å². The van der Waals surface area contributed by atoms with Gasteiger partial charge in [0.2, 0.25) is 11.7 Å². The predicted molar refractivity (Wildman–Crippen MR) is 105 cm³/mol. The first kappa shape index (κ1) is 20.2. The molecule has 1 amide bonds. The van der Waals surface area contributed by atoms with Crippen molar-refractivity contribution in [1.82, 2.24) is 16.2 Å². The van der Waals surface area contributed by atoms with Crippen molar-refractivity contribution < 1.29 is 13.9 Å². The summed E-state index contributed by atoms with van der Waals surface area (Å²) in [6, 6.07) is 4.77. The number of nitrogens with one attached hydrogen (secondary N) is 3. The minimum Gasteiger partial charge on any atom is -0.444 e. The maximum Gasteiger partial charge on any atom is 0.407 e. The van der Waals surface area contributed by atoms with Crippen LogP contribution in [0.5, 0.6) is 0 Å². The Morgan fingerprint density at radius 2 is 2.07 bits per heavy atom. The van der Waals surface area contributed by atoms with Crippen LogP contribution >= 0.6 is 0 Å². The summed E-state index contributed by atoms with van der Waals surface area (Å²) in [6.45, 7) is 6.71. The normalized spacial score (nSPS) is 23.2. The molecule has 0 saturated carbocycles. The molecule has 7 N–H and O–H groups in total. The van der Waals surface area contributed by atoms with E-state index < -0.39 is 17.5 Å². The van der Waals surface area contributed by atoms with E-state index in [4.69, 9.17) is 16.2 Å². The summed E-state index contributed by atoms with van der Waals surface area (Å²) in [7, 11) is 0. The average Bonchev–Trinajstić information content (AvgIpc) is 2.94. The summed E-state index contributed by atoms with van der Waals surface area (Å²) < 4.78 is 20.0. The van der Waals surface area contributed by atoms with Crippen LogP contribution in [0, 0.1) is 5.82 Å². The van der Waals surface area contributed by atoms with Crippen LogP contribution in [-0.4, -0.2) is 36.8 Å². The number of guanidine groups is 1. The molecule has 2 aliphatic heterocycles. The Balaban J connectivity index is 1.60. The highest BCUT2D eigenvalue weighted by molar-refractivity contribution is 5.79. The average molecular weight is 393 g/mol. The standard InChI is InChI=1S/C18H28FN7O2/c1-17(2,3)28-16(27)22-12-6-8-26(9-7-12)14-5-4-11(10-13(14)19)18(21)23-15(20)24-25-18/h4-5,10,12,25H,6-9,21H2,1-3H3,(H,22,27)(H3,20,23,24). The fraction of sp³-hybridized carbons (Fsp3) is 0.556. The second-order valence-electron chi connectivity index (χ2n) is 8.09. The second kappa shape index (κ2) is 7.44. The van der Waals surface area contributed by atoms with Crippen molar-refractivity contribution in [3.8, 4) is 0 Å². The number of piperidine rings is 1. The summed E-state index contributed by atoms with van der Waals surface area (Å²) in [5, 5.41) is 2.88. The molecule has 154 valence electrons. The van der Waals surface area contributed by atoms with Crippen LogP contribution in [0.1, 0.15) is 39.2 Å². The highest BCUT2D eigenvalue weighted by Crippen LogP contribution is 2.28. The van der Waals surface area contributed by atoms with E-state index in [0.29, 0.717) is 37.2 Å². The number of hydrazine groups is 1. The number of nitrogens with two attached hydrogens (primary N) is 2. The Morgan fingerprint density at radius 3 is 2.61 bits per heavy atom. The number of benzene rings is 1. The molecule has 0 aromatic heterocycles. The van der Waals surface area contributed by atoms with Gasteiger partial charge in [-0.2, -0.15) is 5.43 Å². The van der Waals surface area contributed by atoms with Gasteiger partial charge in [0.25, 0.3) is 0 Å². The van der Waals surface area contributed by atoms with E-state index in [2.05, 4.69) is 21.2 Å². The molecular formula is C18H28FN7O2. The molecule has 9 nitrogen and oxygen atoms in total. The van der Waals surface area contributed by atoms with Gasteiger partial charge in [-0.1, -0.05) is 6.07 Å². The number of halogens is 1. The van der Waals surface area contributed by atoms with Gasteiger partial charge in [0, 0.05) is 24.7 Å². The molecule has 0 aliphatic carbocycles. The molecule has 1 aromatic carbocycles. The number of anilines is 1. The molecule has 1 unspecified atom stereocenters. The summed E-state index contributed by atoms with van der Waals surface area (Å²) in [5.41, 5.74) is 17.4. The lowest BCUT2D eigenvalue weighted by molar-refractivity contribution is 0.0497. The molecule has 1 aromatic rings. The van der Waals surface area contributed by atoms with Crippen LogP contribution in [0.3, 0.4) is 0 Å². The number of carbonyl (C=O) groups is 1. The summed E-state index contributed by atoms with van der Waals surface area (Å²) in [6.07, 6.45) is 0.980. The second-order valence-corrected chi connectivity index (χ2v) is 8.09. The van der Waals surface area contributed by atoms with Gasteiger partial charge in [-0.25, -0.2) is 14.2 Å². The van der Waals surface area contributed by atoms with Crippen LogP contribution in [0.2, 0.25) is 0 Å². The lowest BCUT2D eigenvalue weighted by Crippen LogP contribution is -2.50. The molecule has 3 rings (SSSR count). The SMILES string of the molecule is CC(C)(C)OC(=O)NC1CCN(c2ccc(C3(N)N=C(N)NN3)cc2F)CC1. The Bertz CT molecular complexity index is 772. The minimum atomic E-state index is -1.30. The van der Waals surface area contributed by atoms with Gasteiger partial charge in [-0.15, -0.1) is 0 Å². The van der Waals surface area contributed by atoms with Crippen LogP contribution < -0.4 is 32.5 Å². The topological polar surface area (TPSA) is 130 Å². The van der Waals surface area contributed by atoms with Crippen LogP contribution in [-0.2, 0) is 10.5 Å². The van der Waals surface area contributed by atoms with Crippen molar-refractivity contribution in [1.29, 1.82) is 0 Å². The largest absolute Gasteiger partial charge is 0.444 e. The van der Waals surface area contributed by atoms with Gasteiger partial charge in [0.05, 0.1) is 5.69 Å². The van der Waals surface area contributed by atoms with Crippen LogP contribution in [0.4, 0.5) is 14.9 Å². The minimum absolute atomic E-state index is 0.00632. The van der Waals surface area contributed by atoms with E-state index in [9.17, 15) is 9.18 Å². The highest BCUT2D eigenvalue weighted by Gasteiger charge is 2.33. The van der Waals surface area contributed by atoms with E-state index >= 15 is 0 Å². The molecule has 1 saturated heterocycles. The van der Waals surface area contributed by atoms with Gasteiger partial charge in [0.15, 0.2) is 0 Å².